The van der Waals surface area contributed by atoms with Gasteiger partial charge in [-0.2, -0.15) is 0 Å². The first-order chi connectivity index (χ1) is 27.6. The van der Waals surface area contributed by atoms with E-state index in [-0.39, 0.29) is 23.1 Å². The zero-order valence-electron chi connectivity index (χ0n) is 31.1. The van der Waals surface area contributed by atoms with Gasteiger partial charge in [-0.3, -0.25) is 9.59 Å². The number of aliphatic carboxylic acids is 2. The Morgan fingerprint density at radius 1 is 0.586 bits per heavy atom. The van der Waals surface area contributed by atoms with Crippen LogP contribution in [0.5, 0.6) is 0 Å². The molecule has 58 heavy (non-hydrogen) atoms. The zero-order chi connectivity index (χ0) is 42.0. The Labute approximate surface area is 355 Å². The minimum atomic E-state index is -3.96. The van der Waals surface area contributed by atoms with Gasteiger partial charge >= 0.3 is 11.9 Å². The van der Waals surface area contributed by atoms with Gasteiger partial charge in [0.2, 0.25) is 20.0 Å². The van der Waals surface area contributed by atoms with E-state index in [4.69, 9.17) is 23.2 Å². The number of hydrogen-bond donors (Lipinski definition) is 2. The average molecular weight is 902 g/mol. The van der Waals surface area contributed by atoms with Crippen molar-refractivity contribution in [3.63, 3.8) is 0 Å². The number of carboxylic acids is 2. The van der Waals surface area contributed by atoms with Crippen LogP contribution in [0.15, 0.2) is 120 Å². The summed E-state index contributed by atoms with van der Waals surface area (Å²) < 4.78 is 54.9. The first-order valence-electron chi connectivity index (χ1n) is 17.5. The summed E-state index contributed by atoms with van der Waals surface area (Å²) in [6.07, 6.45) is -0.792. The summed E-state index contributed by atoms with van der Waals surface area (Å²) in [7, 11) is -5.13. The van der Waals surface area contributed by atoms with Crippen molar-refractivity contribution >= 4 is 88.1 Å². The first kappa shape index (κ1) is 44.3. The number of thiazole rings is 2. The molecule has 6 rings (SSSR count). The van der Waals surface area contributed by atoms with Crippen LogP contribution in [0, 0.1) is 0 Å². The molecule has 0 unspecified atom stereocenters. The molecule has 0 saturated heterocycles. The van der Waals surface area contributed by atoms with E-state index in [1.165, 1.54) is 14.1 Å². The number of carbonyl (C=O) groups is 2. The van der Waals surface area contributed by atoms with Crippen molar-refractivity contribution in [1.29, 1.82) is 0 Å². The van der Waals surface area contributed by atoms with Crippen molar-refractivity contribution in [2.45, 2.75) is 36.2 Å². The number of hydrogen-bond acceptors (Lipinski definition) is 10. The molecule has 0 amide bonds. The van der Waals surface area contributed by atoms with Gasteiger partial charge in [-0.1, -0.05) is 120 Å². The van der Waals surface area contributed by atoms with E-state index >= 15 is 0 Å². The molecule has 18 heteroatoms. The highest BCUT2D eigenvalue weighted by Gasteiger charge is 2.35. The van der Waals surface area contributed by atoms with Crippen LogP contribution in [-0.2, 0) is 42.5 Å². The first-order valence-corrected chi connectivity index (χ1v) is 23.0. The van der Waals surface area contributed by atoms with E-state index in [0.29, 0.717) is 32.6 Å². The number of sulfonamides is 2. The topological polar surface area (TPSA) is 175 Å². The quantitative estimate of drug-likeness (QED) is 0.0957. The molecule has 0 bridgehead atoms. The fraction of sp³-hybridized carbons (Fsp3) is 0.200. The second-order valence-electron chi connectivity index (χ2n) is 12.8. The lowest BCUT2D eigenvalue weighted by molar-refractivity contribution is -0.138. The number of aromatic nitrogens is 2. The molecule has 2 atom stereocenters. The third kappa shape index (κ3) is 11.2. The minimum absolute atomic E-state index is 0.0998. The van der Waals surface area contributed by atoms with E-state index in [2.05, 4.69) is 9.97 Å². The van der Waals surface area contributed by atoms with Crippen LogP contribution in [0.25, 0.3) is 22.5 Å². The number of nitrogens with zero attached hydrogens (tertiary/aromatic N) is 4. The Hall–Kier alpha value is -4.84. The molecule has 2 heterocycles. The van der Waals surface area contributed by atoms with E-state index < -0.39 is 55.3 Å². The highest BCUT2D eigenvalue weighted by Crippen LogP contribution is 2.35. The van der Waals surface area contributed by atoms with Crippen LogP contribution in [0.2, 0.25) is 10.0 Å². The van der Waals surface area contributed by atoms with Crippen LogP contribution in [-0.4, -0.2) is 73.6 Å². The normalized spacial score (nSPS) is 12.5. The van der Waals surface area contributed by atoms with E-state index in [0.717, 1.165) is 42.4 Å². The van der Waals surface area contributed by atoms with Gasteiger partial charge in [0.15, 0.2) is 10.3 Å². The molecule has 2 aromatic heterocycles. The standard InChI is InChI=1S/2C20H19ClN2O4S2/c2*1-23(20-22-18(13-28-20)16-9-5-6-10-17(16)21)29(26,27)15(12-19(24)25)11-14-7-3-2-4-8-14/h2*2-10,13,15H,11-12H2,1H3,(H,24,25)/t2*15-/m10/s1. The largest absolute Gasteiger partial charge is 0.481 e. The van der Waals surface area contributed by atoms with Gasteiger partial charge < -0.3 is 10.2 Å². The molecule has 2 N–H and O–H groups in total. The number of rotatable bonds is 16. The van der Waals surface area contributed by atoms with Crippen molar-refractivity contribution in [2.24, 2.45) is 0 Å². The molecule has 0 radical (unpaired) electrons. The van der Waals surface area contributed by atoms with Gasteiger partial charge in [0.05, 0.1) is 34.7 Å². The third-order valence-electron chi connectivity index (χ3n) is 8.85. The lowest BCUT2D eigenvalue weighted by Crippen LogP contribution is -2.38. The summed E-state index contributed by atoms with van der Waals surface area (Å²) in [6, 6.07) is 32.3. The molecular weight excluding hydrogens is 864 g/mol. The van der Waals surface area contributed by atoms with Crippen LogP contribution >= 0.6 is 45.9 Å². The summed E-state index contributed by atoms with van der Waals surface area (Å²) in [5.74, 6) is -2.34. The molecule has 0 aliphatic rings. The van der Waals surface area contributed by atoms with Gasteiger partial charge in [0.1, 0.15) is 0 Å². The second-order valence-corrected chi connectivity index (χ2v) is 19.8. The summed E-state index contributed by atoms with van der Waals surface area (Å²) in [5, 5.41) is 21.3. The Morgan fingerprint density at radius 2 is 0.914 bits per heavy atom. The molecule has 4 aromatic carbocycles. The monoisotopic (exact) mass is 900 g/mol. The van der Waals surface area contributed by atoms with Gasteiger partial charge in [0.25, 0.3) is 0 Å². The highest BCUT2D eigenvalue weighted by atomic mass is 35.5. The Balaban J connectivity index is 0.000000221. The number of carboxylic acid groups (broad SMARTS) is 2. The average Bonchev–Trinajstić information content (AvgIpc) is 3.89. The van der Waals surface area contributed by atoms with Gasteiger partial charge in [-0.25, -0.2) is 35.4 Å². The smallest absolute Gasteiger partial charge is 0.304 e. The van der Waals surface area contributed by atoms with E-state index in [9.17, 15) is 36.6 Å². The maximum absolute atomic E-state index is 13.2. The Kier molecular flexibility index (Phi) is 15.1. The summed E-state index contributed by atoms with van der Waals surface area (Å²) in [6.45, 7) is 0. The van der Waals surface area contributed by atoms with Crippen molar-refractivity contribution in [3.05, 3.63) is 141 Å². The second kappa shape index (κ2) is 19.7. The predicted octanol–water partition coefficient (Wildman–Crippen LogP) is 8.63. The number of anilines is 2. The Bertz CT molecular complexity index is 2380. The maximum Gasteiger partial charge on any atom is 0.304 e. The lowest BCUT2D eigenvalue weighted by Gasteiger charge is -2.23. The third-order valence-corrected chi connectivity index (χ3v) is 15.8. The van der Waals surface area contributed by atoms with Crippen molar-refractivity contribution in [3.8, 4) is 22.5 Å². The van der Waals surface area contributed by atoms with Crippen LogP contribution in [0.4, 0.5) is 10.3 Å². The van der Waals surface area contributed by atoms with Crippen LogP contribution in [0.3, 0.4) is 0 Å². The van der Waals surface area contributed by atoms with Crippen molar-refractivity contribution in [2.75, 3.05) is 22.7 Å². The van der Waals surface area contributed by atoms with Gasteiger partial charge in [-0.05, 0) is 36.1 Å². The van der Waals surface area contributed by atoms with E-state index in [1.54, 1.807) is 95.7 Å². The zero-order valence-corrected chi connectivity index (χ0v) is 35.8. The molecule has 0 aliphatic carbocycles. The molecule has 0 spiro atoms. The highest BCUT2D eigenvalue weighted by molar-refractivity contribution is 7.93. The molecule has 304 valence electrons. The van der Waals surface area contributed by atoms with Gasteiger partial charge in [0, 0.05) is 46.0 Å². The van der Waals surface area contributed by atoms with Crippen molar-refractivity contribution in [1.82, 2.24) is 9.97 Å². The minimum Gasteiger partial charge on any atom is -0.481 e. The summed E-state index contributed by atoms with van der Waals surface area (Å²) in [5.41, 5.74) is 4.05. The van der Waals surface area contributed by atoms with Gasteiger partial charge in [-0.15, -0.1) is 22.7 Å². The van der Waals surface area contributed by atoms with Crippen molar-refractivity contribution < 1.29 is 36.6 Å². The summed E-state index contributed by atoms with van der Waals surface area (Å²) >= 11 is 14.7. The molecular formula is C40H38Cl2N4O8S4. The fourth-order valence-electron chi connectivity index (χ4n) is 5.78. The molecule has 12 nitrogen and oxygen atoms in total. The molecule has 0 saturated carbocycles. The van der Waals surface area contributed by atoms with E-state index in [1.807, 2.05) is 24.3 Å². The molecule has 6 aromatic rings. The summed E-state index contributed by atoms with van der Waals surface area (Å²) in [4.78, 5) is 31.5. The lowest BCUT2D eigenvalue weighted by atomic mass is 10.1. The number of halogens is 2. The molecule has 0 aliphatic heterocycles. The number of benzene rings is 4. The predicted molar refractivity (Wildman–Crippen MR) is 232 cm³/mol. The van der Waals surface area contributed by atoms with Crippen LogP contribution < -0.4 is 8.61 Å². The Morgan fingerprint density at radius 3 is 1.24 bits per heavy atom. The fourth-order valence-corrected chi connectivity index (χ4v) is 11.4. The van der Waals surface area contributed by atoms with Crippen LogP contribution in [0.1, 0.15) is 24.0 Å². The maximum atomic E-state index is 13.2. The SMILES string of the molecule is CN(c1nc(-c2ccccc2Cl)cs1)S(=O)(=O)[C@@H](CC(=O)O)Cc1ccccc1.CN(c1nc(-c2ccccc2Cl)cs1)S(=O)(=O)[C@H](CC(=O)O)Cc1ccccc1. The molecule has 0 fully saturated rings.